The van der Waals surface area contributed by atoms with Crippen LogP contribution in [0.4, 0.5) is 0 Å². The van der Waals surface area contributed by atoms with E-state index >= 15 is 0 Å². The highest BCUT2D eigenvalue weighted by Gasteiger charge is 2.20. The molecule has 0 N–H and O–H groups in total. The number of hydrogen-bond donors (Lipinski definition) is 0. The summed E-state index contributed by atoms with van der Waals surface area (Å²) in [6.07, 6.45) is 11.2. The molecule has 0 amide bonds. The zero-order valence-electron chi connectivity index (χ0n) is 17.8. The first-order valence-corrected chi connectivity index (χ1v) is 11.0. The molecule has 1 fully saturated rings. The van der Waals surface area contributed by atoms with Gasteiger partial charge in [-0.1, -0.05) is 31.0 Å². The van der Waals surface area contributed by atoms with Crippen LogP contribution in [0.2, 0.25) is 0 Å². The number of rotatable bonds is 7. The van der Waals surface area contributed by atoms with Crippen LogP contribution in [-0.2, 0) is 19.3 Å². The fourth-order valence-corrected chi connectivity index (χ4v) is 4.30. The number of ether oxygens (including phenoxy) is 1. The summed E-state index contributed by atoms with van der Waals surface area (Å²) in [5, 5.41) is 2.41. The van der Waals surface area contributed by atoms with Crippen LogP contribution < -0.4 is 4.74 Å². The van der Waals surface area contributed by atoms with Gasteiger partial charge in [-0.25, -0.2) is 0 Å². The molecule has 0 aliphatic heterocycles. The number of aryl methyl sites for hydroxylation is 4. The van der Waals surface area contributed by atoms with Crippen molar-refractivity contribution in [2.45, 2.75) is 45.4 Å². The Morgan fingerprint density at radius 3 is 2.50 bits per heavy atom. The Morgan fingerprint density at radius 1 is 0.833 bits per heavy atom. The van der Waals surface area contributed by atoms with Crippen molar-refractivity contribution in [2.24, 2.45) is 5.92 Å². The minimum Gasteiger partial charge on any atom is -0.497 e. The van der Waals surface area contributed by atoms with Crippen molar-refractivity contribution in [3.8, 4) is 5.75 Å². The van der Waals surface area contributed by atoms with Gasteiger partial charge in [0.2, 0.25) is 0 Å². The van der Waals surface area contributed by atoms with Crippen molar-refractivity contribution in [1.29, 1.82) is 0 Å². The molecule has 5 rings (SSSR count). The van der Waals surface area contributed by atoms with Crippen LogP contribution in [0.5, 0.6) is 5.75 Å². The number of fused-ring (bicyclic) bond motifs is 3. The summed E-state index contributed by atoms with van der Waals surface area (Å²) in [6, 6.07) is 15.4. The molecule has 0 bridgehead atoms. The van der Waals surface area contributed by atoms with Gasteiger partial charge in [0, 0.05) is 17.0 Å². The van der Waals surface area contributed by atoms with Crippen molar-refractivity contribution in [1.82, 2.24) is 9.97 Å². The standard InChI is InChI=1S/C27H28N2O/c1-18-13-23(30-2)11-10-22(18)9-7-21-14-25-24-12-8-20(6-5-19-3-4-19)15-26(24)29-17-27(25)28-16-21/h8,10-17,19H,3-7,9H2,1-2H3. The lowest BCUT2D eigenvalue weighted by atomic mass is 9.99. The first-order chi connectivity index (χ1) is 14.7. The highest BCUT2D eigenvalue weighted by atomic mass is 16.5. The molecule has 4 aromatic rings. The monoisotopic (exact) mass is 396 g/mol. The van der Waals surface area contributed by atoms with E-state index in [0.29, 0.717) is 0 Å². The first-order valence-electron chi connectivity index (χ1n) is 11.0. The molecule has 1 aliphatic carbocycles. The lowest BCUT2D eigenvalue weighted by Crippen LogP contribution is -1.97. The topological polar surface area (TPSA) is 35.0 Å². The van der Waals surface area contributed by atoms with Crippen molar-refractivity contribution in [2.75, 3.05) is 7.11 Å². The summed E-state index contributed by atoms with van der Waals surface area (Å²) in [6.45, 7) is 2.15. The van der Waals surface area contributed by atoms with Gasteiger partial charge in [0.25, 0.3) is 0 Å². The van der Waals surface area contributed by atoms with Gasteiger partial charge >= 0.3 is 0 Å². The molecule has 2 aromatic heterocycles. The maximum Gasteiger partial charge on any atom is 0.119 e. The average Bonchev–Trinajstić information content (AvgIpc) is 3.61. The van der Waals surface area contributed by atoms with Crippen molar-refractivity contribution in [3.05, 3.63) is 77.1 Å². The molecule has 0 spiro atoms. The third kappa shape index (κ3) is 4.02. The van der Waals surface area contributed by atoms with Crippen LogP contribution in [-0.4, -0.2) is 17.1 Å². The van der Waals surface area contributed by atoms with Crippen LogP contribution in [0.25, 0.3) is 21.8 Å². The first kappa shape index (κ1) is 19.0. The quantitative estimate of drug-likeness (QED) is 0.347. The molecule has 0 saturated heterocycles. The smallest absolute Gasteiger partial charge is 0.119 e. The largest absolute Gasteiger partial charge is 0.497 e. The highest BCUT2D eigenvalue weighted by Crippen LogP contribution is 2.34. The van der Waals surface area contributed by atoms with Crippen LogP contribution in [0.1, 0.15) is 41.5 Å². The van der Waals surface area contributed by atoms with Crippen molar-refractivity contribution < 1.29 is 4.74 Å². The Labute approximate surface area is 178 Å². The van der Waals surface area contributed by atoms with Crippen LogP contribution in [0, 0.1) is 12.8 Å². The molecule has 152 valence electrons. The number of benzene rings is 2. The zero-order valence-corrected chi connectivity index (χ0v) is 17.8. The van der Waals surface area contributed by atoms with Crippen molar-refractivity contribution >= 4 is 21.8 Å². The van der Waals surface area contributed by atoms with E-state index in [1.54, 1.807) is 7.11 Å². The van der Waals surface area contributed by atoms with E-state index in [1.807, 2.05) is 18.5 Å². The molecular weight excluding hydrogens is 368 g/mol. The lowest BCUT2D eigenvalue weighted by Gasteiger charge is -2.10. The van der Waals surface area contributed by atoms with E-state index in [9.17, 15) is 0 Å². The van der Waals surface area contributed by atoms with Gasteiger partial charge in [-0.2, -0.15) is 0 Å². The molecule has 30 heavy (non-hydrogen) atoms. The Balaban J connectivity index is 1.39. The van der Waals surface area contributed by atoms with Crippen LogP contribution in [0.15, 0.2) is 54.9 Å². The molecule has 0 unspecified atom stereocenters. The SMILES string of the molecule is COc1ccc(CCc2cnc3cnc4cc(CCC5CC5)ccc4c3c2)c(C)c1. The predicted molar refractivity (Wildman–Crippen MR) is 123 cm³/mol. The lowest BCUT2D eigenvalue weighted by molar-refractivity contribution is 0.414. The van der Waals surface area contributed by atoms with E-state index in [-0.39, 0.29) is 0 Å². The Hall–Kier alpha value is -2.94. The number of hydrogen-bond acceptors (Lipinski definition) is 3. The third-order valence-corrected chi connectivity index (χ3v) is 6.42. The van der Waals surface area contributed by atoms with Gasteiger partial charge in [-0.05, 0) is 85.0 Å². The highest BCUT2D eigenvalue weighted by molar-refractivity contribution is 6.04. The summed E-state index contributed by atoms with van der Waals surface area (Å²) >= 11 is 0. The minimum absolute atomic E-state index is 0.916. The second kappa shape index (κ2) is 8.06. The molecule has 1 aliphatic rings. The third-order valence-electron chi connectivity index (χ3n) is 6.42. The summed E-state index contributed by atoms with van der Waals surface area (Å²) in [5.74, 6) is 1.88. The average molecular weight is 397 g/mol. The second-order valence-electron chi connectivity index (χ2n) is 8.66. The predicted octanol–water partition coefficient (Wildman–Crippen LogP) is 6.23. The fourth-order valence-electron chi connectivity index (χ4n) is 4.30. The maximum atomic E-state index is 5.32. The van der Waals surface area contributed by atoms with Gasteiger partial charge in [0.1, 0.15) is 5.75 Å². The molecule has 0 atom stereocenters. The Morgan fingerprint density at radius 2 is 1.70 bits per heavy atom. The zero-order chi connectivity index (χ0) is 20.5. The normalized spacial score (nSPS) is 13.8. The molecule has 2 aromatic carbocycles. The number of aromatic nitrogens is 2. The summed E-state index contributed by atoms with van der Waals surface area (Å²) in [5.41, 5.74) is 7.36. The van der Waals surface area contributed by atoms with Crippen molar-refractivity contribution in [3.63, 3.8) is 0 Å². The second-order valence-corrected chi connectivity index (χ2v) is 8.66. The molecule has 1 saturated carbocycles. The molecule has 2 heterocycles. The van der Waals surface area contributed by atoms with Gasteiger partial charge in [-0.15, -0.1) is 0 Å². The van der Waals surface area contributed by atoms with Crippen LogP contribution >= 0.6 is 0 Å². The minimum atomic E-state index is 0.916. The molecule has 0 radical (unpaired) electrons. The molecule has 3 heteroatoms. The summed E-state index contributed by atoms with van der Waals surface area (Å²) in [4.78, 5) is 9.39. The Bertz CT molecular complexity index is 1210. The van der Waals surface area contributed by atoms with E-state index < -0.39 is 0 Å². The maximum absolute atomic E-state index is 5.32. The Kier molecular flexibility index (Phi) is 5.12. The van der Waals surface area contributed by atoms with Gasteiger partial charge in [-0.3, -0.25) is 9.97 Å². The summed E-state index contributed by atoms with van der Waals surface area (Å²) < 4.78 is 5.32. The van der Waals surface area contributed by atoms with E-state index in [1.165, 1.54) is 58.7 Å². The number of pyridine rings is 2. The molecular formula is C27H28N2O. The van der Waals surface area contributed by atoms with Gasteiger partial charge in [0.15, 0.2) is 0 Å². The van der Waals surface area contributed by atoms with E-state index in [4.69, 9.17) is 9.72 Å². The van der Waals surface area contributed by atoms with Gasteiger partial charge in [0.05, 0.1) is 24.3 Å². The fraction of sp³-hybridized carbons (Fsp3) is 0.333. The number of nitrogens with zero attached hydrogens (tertiary/aromatic N) is 2. The van der Waals surface area contributed by atoms with Crippen LogP contribution in [0.3, 0.4) is 0 Å². The van der Waals surface area contributed by atoms with E-state index in [0.717, 1.165) is 35.5 Å². The summed E-state index contributed by atoms with van der Waals surface area (Å²) in [7, 11) is 1.71. The van der Waals surface area contributed by atoms with E-state index in [2.05, 4.69) is 48.3 Å². The molecule has 3 nitrogen and oxygen atoms in total. The number of methoxy groups -OCH3 is 1. The van der Waals surface area contributed by atoms with Gasteiger partial charge < -0.3 is 4.74 Å².